The fourth-order valence-electron chi connectivity index (χ4n) is 4.84. The van der Waals surface area contributed by atoms with Gasteiger partial charge in [0, 0.05) is 19.1 Å². The van der Waals surface area contributed by atoms with Crippen molar-refractivity contribution in [2.45, 2.75) is 25.3 Å². The minimum Gasteiger partial charge on any atom is -0.342 e. The topological polar surface area (TPSA) is 66.5 Å². The molecule has 1 saturated heterocycles. The van der Waals surface area contributed by atoms with Gasteiger partial charge < -0.3 is 4.90 Å². The Hall–Kier alpha value is -2.32. The number of benzene rings is 2. The molecule has 0 radical (unpaired) electrons. The van der Waals surface area contributed by atoms with Gasteiger partial charge in [-0.3, -0.25) is 4.79 Å². The number of amides is 1. The first-order valence-corrected chi connectivity index (χ1v) is 11.9. The highest BCUT2D eigenvalue weighted by molar-refractivity contribution is 7.88. The maximum Gasteiger partial charge on any atom is 0.227 e. The summed E-state index contributed by atoms with van der Waals surface area (Å²) >= 11 is 0. The van der Waals surface area contributed by atoms with Crippen LogP contribution in [-0.2, 0) is 21.2 Å². The third-order valence-corrected chi connectivity index (χ3v) is 6.90. The average molecular weight is 435 g/mol. The largest absolute Gasteiger partial charge is 0.342 e. The van der Waals surface area contributed by atoms with E-state index < -0.39 is 21.7 Å². The van der Waals surface area contributed by atoms with Crippen molar-refractivity contribution in [2.75, 3.05) is 19.3 Å². The van der Waals surface area contributed by atoms with Crippen LogP contribution in [0.15, 0.2) is 42.5 Å². The lowest BCUT2D eigenvalue weighted by Crippen LogP contribution is -2.40. The van der Waals surface area contributed by atoms with Crippen molar-refractivity contribution >= 4 is 15.9 Å². The van der Waals surface area contributed by atoms with Crippen LogP contribution >= 0.6 is 0 Å². The fourth-order valence-corrected chi connectivity index (χ4v) is 5.68. The molecule has 1 aliphatic heterocycles. The molecule has 0 bridgehead atoms. The lowest BCUT2D eigenvalue weighted by atomic mass is 9.96. The summed E-state index contributed by atoms with van der Waals surface area (Å²) in [5, 5.41) is 0. The van der Waals surface area contributed by atoms with Crippen molar-refractivity contribution in [1.29, 1.82) is 0 Å². The lowest BCUT2D eigenvalue weighted by Gasteiger charge is -2.21. The SMILES string of the molecule is CS(=O)(=O)NC1CCC2CN(C(=O)Cc3ccccc3-c3c(F)cccc3F)CC21. The number of rotatable bonds is 5. The first kappa shape index (κ1) is 20.9. The summed E-state index contributed by atoms with van der Waals surface area (Å²) in [4.78, 5) is 14.7. The summed E-state index contributed by atoms with van der Waals surface area (Å²) in [7, 11) is -3.30. The van der Waals surface area contributed by atoms with Gasteiger partial charge >= 0.3 is 0 Å². The quantitative estimate of drug-likeness (QED) is 0.787. The van der Waals surface area contributed by atoms with E-state index in [2.05, 4.69) is 4.72 Å². The van der Waals surface area contributed by atoms with E-state index in [0.717, 1.165) is 19.1 Å². The number of sulfonamides is 1. The van der Waals surface area contributed by atoms with Gasteiger partial charge in [-0.15, -0.1) is 0 Å². The summed E-state index contributed by atoms with van der Waals surface area (Å²) in [5.41, 5.74) is 0.809. The second-order valence-electron chi connectivity index (χ2n) is 8.23. The van der Waals surface area contributed by atoms with Gasteiger partial charge in [-0.05, 0) is 47.9 Å². The molecular formula is C22H24F2N2O3S. The van der Waals surface area contributed by atoms with E-state index in [1.165, 1.54) is 18.2 Å². The van der Waals surface area contributed by atoms with Gasteiger partial charge in [-0.2, -0.15) is 0 Å². The summed E-state index contributed by atoms with van der Waals surface area (Å²) in [5.74, 6) is -1.08. The Labute approximate surface area is 175 Å². The molecule has 2 fully saturated rings. The van der Waals surface area contributed by atoms with Crippen molar-refractivity contribution < 1.29 is 22.0 Å². The van der Waals surface area contributed by atoms with Gasteiger partial charge in [0.2, 0.25) is 15.9 Å². The number of halogens is 2. The van der Waals surface area contributed by atoms with Crippen molar-refractivity contribution in [3.05, 3.63) is 59.7 Å². The Morgan fingerprint density at radius 1 is 1.07 bits per heavy atom. The third-order valence-electron chi connectivity index (χ3n) is 6.17. The van der Waals surface area contributed by atoms with Crippen LogP contribution in [0.3, 0.4) is 0 Å². The zero-order valence-corrected chi connectivity index (χ0v) is 17.5. The molecule has 5 nitrogen and oxygen atoms in total. The number of fused-ring (bicyclic) bond motifs is 1. The van der Waals surface area contributed by atoms with E-state index in [9.17, 15) is 22.0 Å². The number of hydrogen-bond acceptors (Lipinski definition) is 3. The maximum atomic E-state index is 14.3. The van der Waals surface area contributed by atoms with Crippen LogP contribution in [0, 0.1) is 23.5 Å². The van der Waals surface area contributed by atoms with Gasteiger partial charge in [0.25, 0.3) is 0 Å². The molecule has 160 valence electrons. The maximum absolute atomic E-state index is 14.3. The molecule has 0 aromatic heterocycles. The molecule has 0 spiro atoms. The number of hydrogen-bond donors (Lipinski definition) is 1. The fraction of sp³-hybridized carbons (Fsp3) is 0.409. The van der Waals surface area contributed by atoms with Crippen molar-refractivity contribution in [1.82, 2.24) is 9.62 Å². The highest BCUT2D eigenvalue weighted by atomic mass is 32.2. The van der Waals surface area contributed by atoms with Crippen LogP contribution in [0.1, 0.15) is 18.4 Å². The minimum atomic E-state index is -3.30. The zero-order valence-electron chi connectivity index (χ0n) is 16.6. The summed E-state index contributed by atoms with van der Waals surface area (Å²) in [6.07, 6.45) is 2.84. The minimum absolute atomic E-state index is 0.0353. The Bertz CT molecular complexity index is 1050. The number of likely N-dealkylation sites (tertiary alicyclic amines) is 1. The third kappa shape index (κ3) is 4.25. The molecule has 1 heterocycles. The molecule has 1 amide bonds. The van der Waals surface area contributed by atoms with Gasteiger partial charge in [0.1, 0.15) is 11.6 Å². The number of carbonyl (C=O) groups is 1. The summed E-state index contributed by atoms with van der Waals surface area (Å²) < 4.78 is 54.5. The lowest BCUT2D eigenvalue weighted by molar-refractivity contribution is -0.129. The molecule has 1 aliphatic carbocycles. The van der Waals surface area contributed by atoms with E-state index in [4.69, 9.17) is 0 Å². The molecule has 1 saturated carbocycles. The molecule has 8 heteroatoms. The molecule has 3 unspecified atom stereocenters. The molecule has 4 rings (SSSR count). The number of nitrogens with zero attached hydrogens (tertiary/aromatic N) is 1. The second kappa shape index (κ2) is 8.07. The summed E-state index contributed by atoms with van der Waals surface area (Å²) in [6, 6.07) is 10.3. The number of nitrogens with one attached hydrogen (secondary N) is 1. The highest BCUT2D eigenvalue weighted by Crippen LogP contribution is 2.39. The summed E-state index contributed by atoms with van der Waals surface area (Å²) in [6.45, 7) is 1.08. The molecule has 3 atom stereocenters. The monoisotopic (exact) mass is 434 g/mol. The second-order valence-corrected chi connectivity index (χ2v) is 10.0. The Morgan fingerprint density at radius 2 is 1.77 bits per heavy atom. The predicted octanol–water partition coefficient (Wildman–Crippen LogP) is 2.96. The van der Waals surface area contributed by atoms with Crippen LogP contribution in [0.4, 0.5) is 8.78 Å². The number of carbonyl (C=O) groups excluding carboxylic acids is 1. The molecule has 2 aromatic carbocycles. The predicted molar refractivity (Wildman–Crippen MR) is 110 cm³/mol. The molecule has 1 N–H and O–H groups in total. The van der Waals surface area contributed by atoms with Crippen molar-refractivity contribution in [3.8, 4) is 11.1 Å². The average Bonchev–Trinajstić information content (AvgIpc) is 3.24. The Morgan fingerprint density at radius 3 is 2.47 bits per heavy atom. The van der Waals surface area contributed by atoms with E-state index in [-0.39, 0.29) is 35.8 Å². The molecule has 30 heavy (non-hydrogen) atoms. The van der Waals surface area contributed by atoms with E-state index in [1.54, 1.807) is 29.2 Å². The normalized spacial score (nSPS) is 23.6. The van der Waals surface area contributed by atoms with E-state index in [1.807, 2.05) is 0 Å². The van der Waals surface area contributed by atoms with Gasteiger partial charge in [0.05, 0.1) is 18.2 Å². The Kier molecular flexibility index (Phi) is 5.63. The standard InChI is InChI=1S/C22H24F2N2O3S/c1-30(28,29)25-20-10-9-15-12-26(13-17(15)20)21(27)11-14-5-2-3-6-16(14)22-18(23)7-4-8-19(22)24/h2-8,15,17,20,25H,9-13H2,1H3. The van der Waals surface area contributed by atoms with Crippen LogP contribution in [0.5, 0.6) is 0 Å². The molecule has 2 aliphatic rings. The molecular weight excluding hydrogens is 410 g/mol. The van der Waals surface area contributed by atoms with Crippen molar-refractivity contribution in [3.63, 3.8) is 0 Å². The van der Waals surface area contributed by atoms with Crippen LogP contribution in [0.2, 0.25) is 0 Å². The van der Waals surface area contributed by atoms with Gasteiger partial charge in [-0.25, -0.2) is 21.9 Å². The van der Waals surface area contributed by atoms with Crippen LogP contribution in [0.25, 0.3) is 11.1 Å². The first-order chi connectivity index (χ1) is 14.2. The van der Waals surface area contributed by atoms with Crippen molar-refractivity contribution in [2.24, 2.45) is 11.8 Å². The first-order valence-electron chi connectivity index (χ1n) is 10.0. The zero-order chi connectivity index (χ0) is 21.5. The van der Waals surface area contributed by atoms with E-state index >= 15 is 0 Å². The van der Waals surface area contributed by atoms with Gasteiger partial charge in [-0.1, -0.05) is 30.3 Å². The van der Waals surface area contributed by atoms with Crippen LogP contribution < -0.4 is 4.72 Å². The van der Waals surface area contributed by atoms with E-state index in [0.29, 0.717) is 24.2 Å². The van der Waals surface area contributed by atoms with Gasteiger partial charge in [0.15, 0.2) is 0 Å². The Balaban J connectivity index is 1.51. The molecule has 2 aromatic rings. The van der Waals surface area contributed by atoms with Crippen LogP contribution in [-0.4, -0.2) is 44.6 Å². The smallest absolute Gasteiger partial charge is 0.227 e. The highest BCUT2D eigenvalue weighted by Gasteiger charge is 2.44.